The van der Waals surface area contributed by atoms with Gasteiger partial charge in [-0.3, -0.25) is 0 Å². The molecule has 0 bridgehead atoms. The van der Waals surface area contributed by atoms with Gasteiger partial charge in [0.15, 0.2) is 0 Å². The van der Waals surface area contributed by atoms with Crippen LogP contribution in [0.25, 0.3) is 10.9 Å². The average molecular weight is 212 g/mol. The van der Waals surface area contributed by atoms with Gasteiger partial charge >= 0.3 is 0 Å². The Morgan fingerprint density at radius 1 is 1.31 bits per heavy atom. The highest BCUT2D eigenvalue weighted by Gasteiger charge is 2.13. The van der Waals surface area contributed by atoms with Crippen molar-refractivity contribution in [1.82, 2.24) is 4.98 Å². The highest BCUT2D eigenvalue weighted by molar-refractivity contribution is 5.95. The number of hydrogen-bond donors (Lipinski definition) is 1. The minimum absolute atomic E-state index is 0.434. The number of fused-ring (bicyclic) bond motifs is 1. The maximum Gasteiger partial charge on any atom is 0.148 e. The minimum atomic E-state index is 0.434. The third-order valence-electron chi connectivity index (χ3n) is 2.45. The molecule has 0 saturated carbocycles. The van der Waals surface area contributed by atoms with Crippen LogP contribution in [-0.2, 0) is 0 Å². The van der Waals surface area contributed by atoms with Gasteiger partial charge in [-0.15, -0.1) is 0 Å². The first-order valence-corrected chi connectivity index (χ1v) is 4.90. The molecule has 0 radical (unpaired) electrons. The number of benzene rings is 1. The molecule has 0 aliphatic rings. The highest BCUT2D eigenvalue weighted by Crippen LogP contribution is 2.29. The molecule has 1 heterocycles. The number of nitrogens with two attached hydrogens (primary N) is 1. The summed E-state index contributed by atoms with van der Waals surface area (Å²) in [4.78, 5) is 6.22. The Morgan fingerprint density at radius 3 is 2.62 bits per heavy atom. The minimum Gasteiger partial charge on any atom is -0.397 e. The molecule has 0 saturated heterocycles. The van der Waals surface area contributed by atoms with E-state index in [4.69, 9.17) is 11.0 Å². The van der Waals surface area contributed by atoms with Gasteiger partial charge in [0.05, 0.1) is 11.2 Å². The van der Waals surface area contributed by atoms with Crippen LogP contribution in [0.3, 0.4) is 0 Å². The Balaban J connectivity index is 2.88. The molecule has 2 aromatic rings. The maximum atomic E-state index is 9.11. The normalized spacial score (nSPS) is 10.1. The summed E-state index contributed by atoms with van der Waals surface area (Å²) in [5.74, 6) is 0.610. The molecule has 1 aromatic carbocycles. The molecule has 0 aliphatic carbocycles. The van der Waals surface area contributed by atoms with Crippen LogP contribution in [0.15, 0.2) is 24.3 Å². The molecule has 1 aromatic heterocycles. The summed E-state index contributed by atoms with van der Waals surface area (Å²) in [6.07, 6.45) is 0. The van der Waals surface area contributed by atoms with Crippen LogP contribution < -0.4 is 10.6 Å². The van der Waals surface area contributed by atoms with E-state index in [1.165, 1.54) is 0 Å². The van der Waals surface area contributed by atoms with Crippen LogP contribution in [0.1, 0.15) is 5.56 Å². The third-order valence-corrected chi connectivity index (χ3v) is 2.45. The van der Waals surface area contributed by atoms with Crippen molar-refractivity contribution in [3.05, 3.63) is 29.8 Å². The molecule has 2 N–H and O–H groups in total. The van der Waals surface area contributed by atoms with Crippen molar-refractivity contribution in [2.45, 2.75) is 0 Å². The predicted molar refractivity (Wildman–Crippen MR) is 65.2 cm³/mol. The van der Waals surface area contributed by atoms with E-state index in [9.17, 15) is 0 Å². The van der Waals surface area contributed by atoms with E-state index >= 15 is 0 Å². The number of anilines is 2. The van der Waals surface area contributed by atoms with Crippen molar-refractivity contribution in [2.24, 2.45) is 0 Å². The summed E-state index contributed by atoms with van der Waals surface area (Å²) in [5.41, 5.74) is 7.72. The SMILES string of the molecule is CN(C)c1nc2ccccc2c(N)c1C#N. The summed E-state index contributed by atoms with van der Waals surface area (Å²) in [7, 11) is 3.69. The van der Waals surface area contributed by atoms with Crippen LogP contribution in [0.2, 0.25) is 0 Å². The van der Waals surface area contributed by atoms with Crippen molar-refractivity contribution in [1.29, 1.82) is 5.26 Å². The Bertz CT molecular complexity index is 581. The molecule has 4 nitrogen and oxygen atoms in total. The zero-order valence-electron chi connectivity index (χ0n) is 9.23. The second-order valence-corrected chi connectivity index (χ2v) is 3.75. The molecule has 80 valence electrons. The zero-order chi connectivity index (χ0) is 11.7. The number of hydrogen-bond acceptors (Lipinski definition) is 4. The van der Waals surface area contributed by atoms with Crippen LogP contribution in [0.4, 0.5) is 11.5 Å². The Labute approximate surface area is 93.9 Å². The van der Waals surface area contributed by atoms with Gasteiger partial charge in [-0.1, -0.05) is 18.2 Å². The van der Waals surface area contributed by atoms with Gasteiger partial charge in [0.1, 0.15) is 17.5 Å². The molecule has 0 unspecified atom stereocenters. The van der Waals surface area contributed by atoms with Gasteiger partial charge in [0.25, 0.3) is 0 Å². The van der Waals surface area contributed by atoms with Gasteiger partial charge in [-0.25, -0.2) is 4.98 Å². The quantitative estimate of drug-likeness (QED) is 0.782. The molecule has 0 spiro atoms. The first kappa shape index (κ1) is 10.2. The molecular formula is C12H12N4. The van der Waals surface area contributed by atoms with Crippen LogP contribution >= 0.6 is 0 Å². The molecule has 0 aliphatic heterocycles. The van der Waals surface area contributed by atoms with Gasteiger partial charge in [-0.05, 0) is 6.07 Å². The second kappa shape index (κ2) is 3.70. The highest BCUT2D eigenvalue weighted by atomic mass is 15.1. The van der Waals surface area contributed by atoms with Gasteiger partial charge in [-0.2, -0.15) is 5.26 Å². The number of nitrogen functional groups attached to an aromatic ring is 1. The second-order valence-electron chi connectivity index (χ2n) is 3.75. The van der Waals surface area contributed by atoms with E-state index < -0.39 is 0 Å². The van der Waals surface area contributed by atoms with Crippen molar-refractivity contribution in [3.8, 4) is 6.07 Å². The topological polar surface area (TPSA) is 65.9 Å². The van der Waals surface area contributed by atoms with Crippen LogP contribution in [0.5, 0.6) is 0 Å². The van der Waals surface area contributed by atoms with Gasteiger partial charge in [0.2, 0.25) is 0 Å². The molecular weight excluding hydrogens is 200 g/mol. The number of nitriles is 1. The van der Waals surface area contributed by atoms with Crippen molar-refractivity contribution >= 4 is 22.4 Å². The van der Waals surface area contributed by atoms with Crippen molar-refractivity contribution in [3.63, 3.8) is 0 Å². The Morgan fingerprint density at radius 2 is 2.00 bits per heavy atom. The smallest absolute Gasteiger partial charge is 0.148 e. The summed E-state index contributed by atoms with van der Waals surface area (Å²) >= 11 is 0. The van der Waals surface area contributed by atoms with Crippen molar-refractivity contribution < 1.29 is 0 Å². The molecule has 0 atom stereocenters. The standard InChI is InChI=1S/C12H12N4/c1-16(2)12-9(7-13)11(14)8-5-3-4-6-10(8)15-12/h3-6H,1-2H3,(H2,14,15). The van der Waals surface area contributed by atoms with Crippen LogP contribution in [0, 0.1) is 11.3 Å². The Hall–Kier alpha value is -2.28. The number of aromatic nitrogens is 1. The Kier molecular flexibility index (Phi) is 2.37. The lowest BCUT2D eigenvalue weighted by atomic mass is 10.1. The van der Waals surface area contributed by atoms with Gasteiger partial charge < -0.3 is 10.6 Å². The predicted octanol–water partition coefficient (Wildman–Crippen LogP) is 1.75. The van der Waals surface area contributed by atoms with Gasteiger partial charge in [0, 0.05) is 19.5 Å². The fourth-order valence-electron chi connectivity index (χ4n) is 1.66. The van der Waals surface area contributed by atoms with E-state index in [0.717, 1.165) is 10.9 Å². The largest absolute Gasteiger partial charge is 0.397 e. The average Bonchev–Trinajstić information content (AvgIpc) is 2.29. The van der Waals surface area contributed by atoms with E-state index in [1.54, 1.807) is 4.90 Å². The number of para-hydroxylation sites is 1. The summed E-state index contributed by atoms with van der Waals surface area (Å²) in [5, 5.41) is 9.93. The summed E-state index contributed by atoms with van der Waals surface area (Å²) in [6, 6.07) is 9.66. The van der Waals surface area contributed by atoms with E-state index in [1.807, 2.05) is 38.4 Å². The summed E-state index contributed by atoms with van der Waals surface area (Å²) in [6.45, 7) is 0. The molecule has 4 heteroatoms. The third kappa shape index (κ3) is 1.43. The lowest BCUT2D eigenvalue weighted by Crippen LogP contribution is -2.14. The zero-order valence-corrected chi connectivity index (χ0v) is 9.23. The first-order chi connectivity index (χ1) is 7.65. The van der Waals surface area contributed by atoms with Crippen molar-refractivity contribution in [2.75, 3.05) is 24.7 Å². The number of nitrogens with zero attached hydrogens (tertiary/aromatic N) is 3. The fraction of sp³-hybridized carbons (Fsp3) is 0.167. The monoisotopic (exact) mass is 212 g/mol. The maximum absolute atomic E-state index is 9.11. The fourth-order valence-corrected chi connectivity index (χ4v) is 1.66. The first-order valence-electron chi connectivity index (χ1n) is 4.90. The van der Waals surface area contributed by atoms with E-state index in [-0.39, 0.29) is 0 Å². The molecule has 0 fully saturated rings. The lowest BCUT2D eigenvalue weighted by molar-refractivity contribution is 1.08. The summed E-state index contributed by atoms with van der Waals surface area (Å²) < 4.78 is 0. The lowest BCUT2D eigenvalue weighted by Gasteiger charge is -2.15. The van der Waals surface area contributed by atoms with Crippen LogP contribution in [-0.4, -0.2) is 19.1 Å². The number of pyridine rings is 1. The molecule has 0 amide bonds. The molecule has 16 heavy (non-hydrogen) atoms. The number of rotatable bonds is 1. The van der Waals surface area contributed by atoms with E-state index in [2.05, 4.69) is 11.1 Å². The van der Waals surface area contributed by atoms with E-state index in [0.29, 0.717) is 17.1 Å². The molecule has 2 rings (SSSR count).